The number of carbonyl (C=O) groups is 2. The van der Waals surface area contributed by atoms with Crippen molar-refractivity contribution in [1.82, 2.24) is 0 Å². The number of rotatable bonds is 6. The van der Waals surface area contributed by atoms with Gasteiger partial charge in [0, 0.05) is 12.1 Å². The maximum absolute atomic E-state index is 13.0. The van der Waals surface area contributed by atoms with Gasteiger partial charge in [-0.15, -0.1) is 0 Å². The van der Waals surface area contributed by atoms with E-state index in [4.69, 9.17) is 13.9 Å². The molecule has 0 saturated carbocycles. The smallest absolute Gasteiger partial charge is 0.204 e. The summed E-state index contributed by atoms with van der Waals surface area (Å²) in [5.74, 6) is 0.168. The fraction of sp³-hybridized carbons (Fsp3) is 0.286. The Morgan fingerprint density at radius 3 is 2.22 bits per heavy atom. The van der Waals surface area contributed by atoms with E-state index >= 15 is 0 Å². The van der Waals surface area contributed by atoms with Crippen LogP contribution in [0.5, 0.6) is 11.5 Å². The van der Waals surface area contributed by atoms with E-state index < -0.39 is 12.2 Å². The minimum atomic E-state index is -0.750. The molecule has 0 bridgehead atoms. The lowest BCUT2D eigenvalue weighted by Gasteiger charge is -2.17. The van der Waals surface area contributed by atoms with Crippen molar-refractivity contribution in [3.05, 3.63) is 46.6 Å². The molecule has 3 aromatic rings. The first-order valence-electron chi connectivity index (χ1n) is 8.61. The highest BCUT2D eigenvalue weighted by Gasteiger charge is 2.19. The van der Waals surface area contributed by atoms with Crippen molar-refractivity contribution in [3.8, 4) is 11.5 Å². The van der Waals surface area contributed by atoms with Gasteiger partial charge in [-0.05, 0) is 39.8 Å². The average molecular weight is 368 g/mol. The molecule has 0 aliphatic carbocycles. The average Bonchev–Trinajstić information content (AvgIpc) is 2.61. The first-order valence-corrected chi connectivity index (χ1v) is 8.61. The summed E-state index contributed by atoms with van der Waals surface area (Å²) < 4.78 is 17.2. The molecule has 0 fully saturated rings. The molecule has 0 spiro atoms. The van der Waals surface area contributed by atoms with E-state index in [-0.39, 0.29) is 33.7 Å². The lowest BCUT2D eigenvalue weighted by molar-refractivity contribution is -0.123. The van der Waals surface area contributed by atoms with E-state index in [9.17, 15) is 14.4 Å². The second-order valence-electron chi connectivity index (χ2n) is 6.46. The molecule has 0 amide bonds. The number of hydrogen-bond acceptors (Lipinski definition) is 6. The van der Waals surface area contributed by atoms with Crippen molar-refractivity contribution >= 4 is 33.5 Å². The Morgan fingerprint density at radius 2 is 1.56 bits per heavy atom. The number of ether oxygens (including phenoxy) is 2. The molecule has 2 aromatic carbocycles. The van der Waals surface area contributed by atoms with Crippen LogP contribution in [0.25, 0.3) is 21.9 Å². The van der Waals surface area contributed by atoms with E-state index in [2.05, 4.69) is 0 Å². The number of benzene rings is 2. The zero-order chi connectivity index (χ0) is 19.7. The number of ketones is 2. The maximum Gasteiger partial charge on any atom is 0.204 e. The molecular formula is C21H20O6. The highest BCUT2D eigenvalue weighted by Crippen LogP contribution is 2.32. The Kier molecular flexibility index (Phi) is 4.99. The van der Waals surface area contributed by atoms with Crippen LogP contribution in [0.4, 0.5) is 0 Å². The van der Waals surface area contributed by atoms with Gasteiger partial charge in [0.05, 0.1) is 5.39 Å². The fourth-order valence-corrected chi connectivity index (χ4v) is 2.59. The molecule has 140 valence electrons. The van der Waals surface area contributed by atoms with Gasteiger partial charge in [-0.25, -0.2) is 0 Å². The molecule has 2 atom stereocenters. The first-order chi connectivity index (χ1) is 12.8. The SMILES string of the molecule is CC(=O)[C@H](C)Oc1cc(O[C@H](C)C(C)=O)c2c(=O)c3ccccc3oc2c1. The van der Waals surface area contributed by atoms with Gasteiger partial charge in [-0.2, -0.15) is 0 Å². The van der Waals surface area contributed by atoms with Gasteiger partial charge < -0.3 is 13.9 Å². The molecule has 0 aliphatic rings. The van der Waals surface area contributed by atoms with Crippen LogP contribution in [0, 0.1) is 0 Å². The van der Waals surface area contributed by atoms with E-state index in [1.165, 1.54) is 19.9 Å². The van der Waals surface area contributed by atoms with Crippen molar-refractivity contribution in [2.45, 2.75) is 39.9 Å². The highest BCUT2D eigenvalue weighted by molar-refractivity contribution is 5.94. The number of carbonyl (C=O) groups excluding carboxylic acids is 2. The predicted octanol–water partition coefficient (Wildman–Crippen LogP) is 3.66. The van der Waals surface area contributed by atoms with Crippen molar-refractivity contribution in [2.75, 3.05) is 0 Å². The van der Waals surface area contributed by atoms with Crippen molar-refractivity contribution in [1.29, 1.82) is 0 Å². The lowest BCUT2D eigenvalue weighted by Crippen LogP contribution is -2.22. The Hall–Kier alpha value is -3.15. The number of para-hydroxylation sites is 1. The molecule has 6 nitrogen and oxygen atoms in total. The summed E-state index contributed by atoms with van der Waals surface area (Å²) in [6.45, 7) is 6.06. The van der Waals surface area contributed by atoms with Gasteiger partial charge >= 0.3 is 0 Å². The Balaban J connectivity index is 2.25. The molecule has 0 N–H and O–H groups in total. The summed E-state index contributed by atoms with van der Waals surface area (Å²) in [6, 6.07) is 9.93. The largest absolute Gasteiger partial charge is 0.483 e. The molecule has 1 heterocycles. The van der Waals surface area contributed by atoms with Crippen LogP contribution in [0.1, 0.15) is 27.7 Å². The second kappa shape index (κ2) is 7.23. The van der Waals surface area contributed by atoms with Crippen LogP contribution in [0.3, 0.4) is 0 Å². The van der Waals surface area contributed by atoms with Crippen LogP contribution in [0.15, 0.2) is 45.6 Å². The zero-order valence-electron chi connectivity index (χ0n) is 15.6. The molecule has 0 radical (unpaired) electrons. The number of fused-ring (bicyclic) bond motifs is 2. The van der Waals surface area contributed by atoms with E-state index in [0.29, 0.717) is 16.7 Å². The minimum Gasteiger partial charge on any atom is -0.483 e. The second-order valence-corrected chi connectivity index (χ2v) is 6.46. The van der Waals surface area contributed by atoms with Crippen LogP contribution < -0.4 is 14.9 Å². The van der Waals surface area contributed by atoms with Crippen LogP contribution in [-0.2, 0) is 9.59 Å². The molecule has 3 rings (SSSR count). The van der Waals surface area contributed by atoms with E-state index in [0.717, 1.165) is 0 Å². The molecule has 27 heavy (non-hydrogen) atoms. The molecule has 6 heteroatoms. The topological polar surface area (TPSA) is 82.8 Å². The number of Topliss-reactive ketones (excluding diaryl/α,β-unsaturated/α-hetero) is 2. The van der Waals surface area contributed by atoms with Crippen LogP contribution in [-0.4, -0.2) is 23.8 Å². The van der Waals surface area contributed by atoms with Gasteiger partial charge in [0.1, 0.15) is 28.1 Å². The van der Waals surface area contributed by atoms with Gasteiger partial charge in [0.15, 0.2) is 23.8 Å². The Morgan fingerprint density at radius 1 is 0.926 bits per heavy atom. The van der Waals surface area contributed by atoms with E-state index in [1.807, 2.05) is 0 Å². The summed E-state index contributed by atoms with van der Waals surface area (Å²) in [5, 5.41) is 0.640. The van der Waals surface area contributed by atoms with Crippen LogP contribution >= 0.6 is 0 Å². The normalized spacial score (nSPS) is 13.3. The van der Waals surface area contributed by atoms with Crippen molar-refractivity contribution in [2.24, 2.45) is 0 Å². The zero-order valence-corrected chi connectivity index (χ0v) is 15.6. The quantitative estimate of drug-likeness (QED) is 0.618. The fourth-order valence-electron chi connectivity index (χ4n) is 2.59. The van der Waals surface area contributed by atoms with Gasteiger partial charge in [-0.3, -0.25) is 14.4 Å². The summed E-state index contributed by atoms with van der Waals surface area (Å²) in [7, 11) is 0. The predicted molar refractivity (Wildman–Crippen MR) is 102 cm³/mol. The molecule has 0 saturated heterocycles. The summed E-state index contributed by atoms with van der Waals surface area (Å²) >= 11 is 0. The lowest BCUT2D eigenvalue weighted by atomic mass is 10.1. The molecular weight excluding hydrogens is 348 g/mol. The standard InChI is InChI=1S/C21H20O6/c1-11(22)13(3)25-15-9-18(26-14(4)12(2)23)20-19(10-15)27-17-8-6-5-7-16(17)21(20)24/h5-10,13-14H,1-4H3/t13-,14+/m0/s1. The minimum absolute atomic E-state index is 0.144. The summed E-state index contributed by atoms with van der Waals surface area (Å²) in [5.41, 5.74) is 0.429. The number of hydrogen-bond donors (Lipinski definition) is 0. The maximum atomic E-state index is 13.0. The van der Waals surface area contributed by atoms with Crippen molar-refractivity contribution in [3.63, 3.8) is 0 Å². The van der Waals surface area contributed by atoms with Gasteiger partial charge in [0.25, 0.3) is 0 Å². The first kappa shape index (κ1) is 18.6. The van der Waals surface area contributed by atoms with Crippen LogP contribution in [0.2, 0.25) is 0 Å². The van der Waals surface area contributed by atoms with Crippen molar-refractivity contribution < 1.29 is 23.5 Å². The van der Waals surface area contributed by atoms with Gasteiger partial charge in [0.2, 0.25) is 5.43 Å². The third-order valence-corrected chi connectivity index (χ3v) is 4.38. The summed E-state index contributed by atoms with van der Waals surface area (Å²) in [6.07, 6.45) is -1.42. The highest BCUT2D eigenvalue weighted by atomic mass is 16.5. The third kappa shape index (κ3) is 3.69. The third-order valence-electron chi connectivity index (χ3n) is 4.38. The summed E-state index contributed by atoms with van der Waals surface area (Å²) in [4.78, 5) is 36.1. The monoisotopic (exact) mass is 368 g/mol. The molecule has 0 aliphatic heterocycles. The molecule has 0 unspecified atom stereocenters. The van der Waals surface area contributed by atoms with E-state index in [1.54, 1.807) is 44.2 Å². The molecule has 1 aromatic heterocycles. The van der Waals surface area contributed by atoms with Gasteiger partial charge in [-0.1, -0.05) is 12.1 Å². The Bertz CT molecular complexity index is 1090. The Labute approximate surface area is 155 Å².